The van der Waals surface area contributed by atoms with E-state index in [0.717, 1.165) is 24.3 Å². The molecular weight excluding hydrogens is 434 g/mol. The lowest BCUT2D eigenvalue weighted by Crippen LogP contribution is -2.35. The van der Waals surface area contributed by atoms with E-state index in [2.05, 4.69) is 0 Å². The molecule has 172 valence electrons. The van der Waals surface area contributed by atoms with Gasteiger partial charge in [0.2, 0.25) is 11.5 Å². The average molecular weight is 455 g/mol. The zero-order valence-corrected chi connectivity index (χ0v) is 17.1. The number of Topliss-reactive ketones (excluding diaryl/α,β-unsaturated/α-hetero) is 2. The third kappa shape index (κ3) is 4.75. The Morgan fingerprint density at radius 1 is 0.667 bits per heavy atom. The molecule has 0 radical (unpaired) electrons. The molecular formula is C23H21NO9. The van der Waals surface area contributed by atoms with Crippen LogP contribution in [-0.2, 0) is 6.61 Å². The fourth-order valence-corrected chi connectivity index (χ4v) is 3.20. The quantitative estimate of drug-likeness (QED) is 0.196. The number of hydrogen-bond acceptors (Lipinski definition) is 10. The van der Waals surface area contributed by atoms with Gasteiger partial charge >= 0.3 is 0 Å². The minimum Gasteiger partial charge on any atom is -0.504 e. The van der Waals surface area contributed by atoms with Crippen LogP contribution in [0.4, 0.5) is 5.69 Å². The molecule has 3 aromatic rings. The number of carbonyl (C=O) groups excluding carboxylic acids is 2. The van der Waals surface area contributed by atoms with Gasteiger partial charge in [-0.3, -0.25) is 9.59 Å². The predicted octanol–water partition coefficient (Wildman–Crippen LogP) is 1.98. The zero-order valence-electron chi connectivity index (χ0n) is 17.1. The molecule has 0 amide bonds. The van der Waals surface area contributed by atoms with Crippen LogP contribution in [0.25, 0.3) is 0 Å². The first-order valence-corrected chi connectivity index (χ1v) is 9.63. The van der Waals surface area contributed by atoms with Gasteiger partial charge in [-0.25, -0.2) is 0 Å². The van der Waals surface area contributed by atoms with Gasteiger partial charge in [-0.15, -0.1) is 0 Å². The summed E-state index contributed by atoms with van der Waals surface area (Å²) >= 11 is 0. The molecule has 10 nitrogen and oxygen atoms in total. The lowest BCUT2D eigenvalue weighted by Gasteiger charge is -2.24. The van der Waals surface area contributed by atoms with Gasteiger partial charge < -0.3 is 40.6 Å². The minimum atomic E-state index is -0.866. The molecule has 0 saturated heterocycles. The zero-order chi connectivity index (χ0) is 24.3. The Bertz CT molecular complexity index is 1150. The number of rotatable bonds is 8. The molecule has 0 aliphatic carbocycles. The fourth-order valence-electron chi connectivity index (χ4n) is 3.20. The number of carbonyl (C=O) groups is 2. The highest BCUT2D eigenvalue weighted by Gasteiger charge is 2.24. The van der Waals surface area contributed by atoms with Crippen molar-refractivity contribution in [1.82, 2.24) is 0 Å². The molecule has 10 heteroatoms. The van der Waals surface area contributed by atoms with E-state index in [1.54, 1.807) is 18.2 Å². The van der Waals surface area contributed by atoms with E-state index >= 15 is 0 Å². The van der Waals surface area contributed by atoms with Gasteiger partial charge in [-0.05, 0) is 42.0 Å². The van der Waals surface area contributed by atoms with E-state index in [0.29, 0.717) is 11.3 Å². The van der Waals surface area contributed by atoms with Crippen LogP contribution in [0.3, 0.4) is 0 Å². The van der Waals surface area contributed by atoms with Gasteiger partial charge in [0.15, 0.2) is 34.6 Å². The maximum Gasteiger partial charge on any atom is 0.201 e. The third-order valence-electron chi connectivity index (χ3n) is 4.99. The number of ketones is 2. The number of aliphatic hydroxyl groups excluding tert-OH is 1. The highest BCUT2D eigenvalue weighted by Crippen LogP contribution is 2.38. The molecule has 0 heterocycles. The third-order valence-corrected chi connectivity index (χ3v) is 4.99. The smallest absolute Gasteiger partial charge is 0.201 e. The van der Waals surface area contributed by atoms with E-state index in [1.165, 1.54) is 11.0 Å². The number of aromatic hydroxyl groups is 6. The van der Waals surface area contributed by atoms with Crippen molar-refractivity contribution in [3.63, 3.8) is 0 Å². The molecule has 0 atom stereocenters. The molecule has 0 aliphatic heterocycles. The molecule has 0 aliphatic rings. The Morgan fingerprint density at radius 3 is 1.61 bits per heavy atom. The molecule has 0 saturated carbocycles. The highest BCUT2D eigenvalue weighted by atomic mass is 16.3. The molecule has 33 heavy (non-hydrogen) atoms. The van der Waals surface area contributed by atoms with Crippen LogP contribution in [0.2, 0.25) is 0 Å². The number of nitrogens with zero attached hydrogens (tertiary/aromatic N) is 1. The topological polar surface area (TPSA) is 179 Å². The summed E-state index contributed by atoms with van der Waals surface area (Å²) in [6.45, 7) is -1.24. The summed E-state index contributed by atoms with van der Waals surface area (Å²) in [5.74, 6) is -6.02. The number of phenols is 6. The molecule has 0 unspecified atom stereocenters. The number of phenolic OH excluding ortho intramolecular Hbond substituents is 6. The Hall–Kier alpha value is -4.44. The Labute approximate surface area is 187 Å². The summed E-state index contributed by atoms with van der Waals surface area (Å²) in [6, 6.07) is 10.6. The second kappa shape index (κ2) is 9.37. The summed E-state index contributed by atoms with van der Waals surface area (Å²) in [4.78, 5) is 27.0. The van der Waals surface area contributed by atoms with E-state index in [4.69, 9.17) is 0 Å². The van der Waals surface area contributed by atoms with Gasteiger partial charge in [0.05, 0.1) is 30.8 Å². The van der Waals surface area contributed by atoms with Crippen molar-refractivity contribution < 1.29 is 45.3 Å². The first kappa shape index (κ1) is 23.2. The SMILES string of the molecule is O=C(CN(CC(=O)c1ccc(O)c(O)c1O)c1cccc(CO)c1)c1ccc(O)c(O)c1O. The van der Waals surface area contributed by atoms with E-state index < -0.39 is 59.2 Å². The molecule has 0 fully saturated rings. The molecule has 0 aromatic heterocycles. The summed E-state index contributed by atoms with van der Waals surface area (Å²) in [5, 5.41) is 67.9. The molecule has 0 bridgehead atoms. The van der Waals surface area contributed by atoms with Crippen LogP contribution >= 0.6 is 0 Å². The lowest BCUT2D eigenvalue weighted by molar-refractivity contribution is 0.0981. The lowest BCUT2D eigenvalue weighted by atomic mass is 10.0. The number of aliphatic hydroxyl groups is 1. The van der Waals surface area contributed by atoms with Crippen LogP contribution in [0.1, 0.15) is 26.3 Å². The van der Waals surface area contributed by atoms with E-state index in [1.807, 2.05) is 0 Å². The molecule has 0 spiro atoms. The van der Waals surface area contributed by atoms with Crippen LogP contribution in [0.15, 0.2) is 48.5 Å². The van der Waals surface area contributed by atoms with Crippen LogP contribution in [-0.4, -0.2) is 60.4 Å². The van der Waals surface area contributed by atoms with Gasteiger partial charge in [0, 0.05) is 5.69 Å². The summed E-state index contributed by atoms with van der Waals surface area (Å²) in [6.07, 6.45) is 0. The van der Waals surface area contributed by atoms with Crippen molar-refractivity contribution in [2.45, 2.75) is 6.61 Å². The van der Waals surface area contributed by atoms with Crippen molar-refractivity contribution in [1.29, 1.82) is 0 Å². The van der Waals surface area contributed by atoms with Gasteiger partial charge in [-0.2, -0.15) is 0 Å². The number of anilines is 1. The fraction of sp³-hybridized carbons (Fsp3) is 0.130. The van der Waals surface area contributed by atoms with Crippen molar-refractivity contribution >= 4 is 17.3 Å². The van der Waals surface area contributed by atoms with Crippen molar-refractivity contribution in [2.24, 2.45) is 0 Å². The van der Waals surface area contributed by atoms with E-state index in [-0.39, 0.29) is 17.7 Å². The summed E-state index contributed by atoms with van der Waals surface area (Å²) in [5.41, 5.74) is 0.248. The maximum atomic E-state index is 12.9. The highest BCUT2D eigenvalue weighted by molar-refractivity contribution is 6.05. The largest absolute Gasteiger partial charge is 0.504 e. The minimum absolute atomic E-state index is 0.300. The van der Waals surface area contributed by atoms with Crippen LogP contribution in [0, 0.1) is 0 Å². The first-order chi connectivity index (χ1) is 15.6. The second-order valence-corrected chi connectivity index (χ2v) is 7.19. The molecule has 7 N–H and O–H groups in total. The predicted molar refractivity (Wildman–Crippen MR) is 116 cm³/mol. The molecule has 3 aromatic carbocycles. The molecule has 3 rings (SSSR count). The normalized spacial score (nSPS) is 10.7. The number of hydrogen-bond donors (Lipinski definition) is 7. The van der Waals surface area contributed by atoms with Gasteiger partial charge in [0.25, 0.3) is 0 Å². The first-order valence-electron chi connectivity index (χ1n) is 9.63. The van der Waals surface area contributed by atoms with Gasteiger partial charge in [-0.1, -0.05) is 12.1 Å². The van der Waals surface area contributed by atoms with Crippen molar-refractivity contribution in [2.75, 3.05) is 18.0 Å². The van der Waals surface area contributed by atoms with Gasteiger partial charge in [0.1, 0.15) is 0 Å². The Kier molecular flexibility index (Phi) is 6.59. The Balaban J connectivity index is 1.97. The monoisotopic (exact) mass is 455 g/mol. The van der Waals surface area contributed by atoms with Crippen LogP contribution in [0.5, 0.6) is 34.5 Å². The van der Waals surface area contributed by atoms with Crippen molar-refractivity contribution in [3.8, 4) is 34.5 Å². The summed E-state index contributed by atoms with van der Waals surface area (Å²) in [7, 11) is 0. The second-order valence-electron chi connectivity index (χ2n) is 7.19. The number of benzene rings is 3. The average Bonchev–Trinajstić information content (AvgIpc) is 2.80. The van der Waals surface area contributed by atoms with E-state index in [9.17, 15) is 45.3 Å². The standard InChI is InChI=1S/C23H21NO9/c25-11-12-2-1-3-13(8-12)24(9-18(28)14-4-6-16(26)22(32)20(14)30)10-19(29)15-5-7-17(27)23(33)21(15)31/h1-8,25-27,30-33H,9-11H2. The van der Waals surface area contributed by atoms with Crippen LogP contribution < -0.4 is 4.90 Å². The maximum absolute atomic E-state index is 12.9. The Morgan fingerprint density at radius 2 is 1.15 bits per heavy atom. The summed E-state index contributed by atoms with van der Waals surface area (Å²) < 4.78 is 0. The van der Waals surface area contributed by atoms with Crippen molar-refractivity contribution in [3.05, 3.63) is 65.2 Å².